The second kappa shape index (κ2) is 4.75. The van der Waals surface area contributed by atoms with Gasteiger partial charge in [-0.05, 0) is 47.6 Å². The molecule has 0 radical (unpaired) electrons. The molecule has 80 valence electrons. The van der Waals surface area contributed by atoms with Crippen LogP contribution in [0.4, 0.5) is 0 Å². The van der Waals surface area contributed by atoms with Crippen molar-refractivity contribution >= 4 is 27.3 Å². The van der Waals surface area contributed by atoms with Crippen molar-refractivity contribution < 1.29 is 4.74 Å². The van der Waals surface area contributed by atoms with Crippen molar-refractivity contribution in [2.75, 3.05) is 6.61 Å². The lowest BCUT2D eigenvalue weighted by Crippen LogP contribution is -2.26. The van der Waals surface area contributed by atoms with Crippen LogP contribution in [0, 0.1) is 0 Å². The Kier molecular flexibility index (Phi) is 4.13. The number of hydrogen-bond donors (Lipinski definition) is 1. The van der Waals surface area contributed by atoms with Crippen molar-refractivity contribution in [1.29, 1.82) is 0 Å². The number of thiophene rings is 1. The van der Waals surface area contributed by atoms with Gasteiger partial charge in [0.1, 0.15) is 0 Å². The van der Waals surface area contributed by atoms with Gasteiger partial charge >= 0.3 is 0 Å². The van der Waals surface area contributed by atoms with Gasteiger partial charge < -0.3 is 10.5 Å². The lowest BCUT2D eigenvalue weighted by atomic mass is 10.1. The Hall–Kier alpha value is 0.100. The zero-order chi connectivity index (χ0) is 10.8. The largest absolute Gasteiger partial charge is 0.374 e. The van der Waals surface area contributed by atoms with E-state index >= 15 is 0 Å². The van der Waals surface area contributed by atoms with Gasteiger partial charge in [-0.3, -0.25) is 0 Å². The second-order valence-electron chi connectivity index (χ2n) is 4.20. The summed E-state index contributed by atoms with van der Waals surface area (Å²) in [7, 11) is 0. The third-order valence-corrected chi connectivity index (χ3v) is 3.49. The molecule has 0 amide bonds. The van der Waals surface area contributed by atoms with Crippen LogP contribution in [0.15, 0.2) is 15.2 Å². The Labute approximate surface area is 97.6 Å². The lowest BCUT2D eigenvalue weighted by molar-refractivity contribution is -0.0102. The Morgan fingerprint density at radius 2 is 2.14 bits per heavy atom. The van der Waals surface area contributed by atoms with E-state index in [-0.39, 0.29) is 11.6 Å². The maximum Gasteiger partial charge on any atom is 0.0667 e. The molecule has 0 bridgehead atoms. The standard InChI is InChI=1S/C10H16BrNOS/c1-10(2,3)13-4-9(12)7-5-14-6-8(7)11/h5-6,9H,4,12H2,1-3H3. The predicted molar refractivity (Wildman–Crippen MR) is 64.7 cm³/mol. The van der Waals surface area contributed by atoms with Crippen LogP contribution in [0.2, 0.25) is 0 Å². The molecule has 1 rings (SSSR count). The first-order valence-corrected chi connectivity index (χ1v) is 6.25. The van der Waals surface area contributed by atoms with Crippen LogP contribution in [-0.2, 0) is 4.74 Å². The third-order valence-electron chi connectivity index (χ3n) is 1.74. The van der Waals surface area contributed by atoms with Crippen LogP contribution in [0.5, 0.6) is 0 Å². The highest BCUT2D eigenvalue weighted by Gasteiger charge is 2.15. The van der Waals surface area contributed by atoms with E-state index in [4.69, 9.17) is 10.5 Å². The quantitative estimate of drug-likeness (QED) is 0.920. The van der Waals surface area contributed by atoms with E-state index in [1.54, 1.807) is 11.3 Å². The minimum absolute atomic E-state index is 0.0464. The van der Waals surface area contributed by atoms with Crippen LogP contribution < -0.4 is 5.73 Å². The maximum atomic E-state index is 6.00. The average Bonchev–Trinajstić information content (AvgIpc) is 2.46. The molecule has 2 N–H and O–H groups in total. The fourth-order valence-electron chi connectivity index (χ4n) is 0.985. The molecule has 2 nitrogen and oxygen atoms in total. The molecule has 0 aromatic carbocycles. The van der Waals surface area contributed by atoms with Crippen LogP contribution in [-0.4, -0.2) is 12.2 Å². The smallest absolute Gasteiger partial charge is 0.0667 e. The number of hydrogen-bond acceptors (Lipinski definition) is 3. The molecule has 14 heavy (non-hydrogen) atoms. The van der Waals surface area contributed by atoms with Crippen molar-refractivity contribution in [2.45, 2.75) is 32.4 Å². The van der Waals surface area contributed by atoms with Crippen LogP contribution in [0.1, 0.15) is 32.4 Å². The predicted octanol–water partition coefficient (Wildman–Crippen LogP) is 3.33. The molecular formula is C10H16BrNOS. The molecule has 0 aliphatic rings. The molecule has 1 atom stereocenters. The molecule has 0 aliphatic heterocycles. The van der Waals surface area contributed by atoms with E-state index < -0.39 is 0 Å². The van der Waals surface area contributed by atoms with Gasteiger partial charge in [-0.15, -0.1) is 0 Å². The highest BCUT2D eigenvalue weighted by atomic mass is 79.9. The second-order valence-corrected chi connectivity index (χ2v) is 5.80. The molecular weight excluding hydrogens is 262 g/mol. The van der Waals surface area contributed by atoms with Gasteiger partial charge in [-0.2, -0.15) is 11.3 Å². The van der Waals surface area contributed by atoms with Gasteiger partial charge in [0.25, 0.3) is 0 Å². The summed E-state index contributed by atoms with van der Waals surface area (Å²) in [6.45, 7) is 6.64. The van der Waals surface area contributed by atoms with Crippen LogP contribution in [0.3, 0.4) is 0 Å². The van der Waals surface area contributed by atoms with Crippen molar-refractivity contribution in [3.05, 3.63) is 20.8 Å². The highest BCUT2D eigenvalue weighted by Crippen LogP contribution is 2.26. The fourth-order valence-corrected chi connectivity index (χ4v) is 2.64. The zero-order valence-corrected chi connectivity index (χ0v) is 11.1. The van der Waals surface area contributed by atoms with Crippen molar-refractivity contribution in [1.82, 2.24) is 0 Å². The monoisotopic (exact) mass is 277 g/mol. The number of rotatable bonds is 3. The van der Waals surface area contributed by atoms with E-state index in [1.807, 2.05) is 26.2 Å². The van der Waals surface area contributed by atoms with Gasteiger partial charge in [0, 0.05) is 9.85 Å². The summed E-state index contributed by atoms with van der Waals surface area (Å²) in [4.78, 5) is 0. The van der Waals surface area contributed by atoms with Gasteiger partial charge in [-0.25, -0.2) is 0 Å². The first-order chi connectivity index (χ1) is 6.40. The normalized spacial score (nSPS) is 14.4. The summed E-state index contributed by atoms with van der Waals surface area (Å²) in [5.74, 6) is 0. The van der Waals surface area contributed by atoms with Crippen molar-refractivity contribution in [2.24, 2.45) is 5.73 Å². The third kappa shape index (κ3) is 3.69. The first kappa shape index (κ1) is 12.2. The Morgan fingerprint density at radius 1 is 1.50 bits per heavy atom. The molecule has 1 unspecified atom stereocenters. The molecule has 0 saturated carbocycles. The van der Waals surface area contributed by atoms with E-state index in [2.05, 4.69) is 21.3 Å². The first-order valence-electron chi connectivity index (χ1n) is 4.51. The van der Waals surface area contributed by atoms with Crippen LogP contribution >= 0.6 is 27.3 Å². The summed E-state index contributed by atoms with van der Waals surface area (Å²) in [6.07, 6.45) is 0. The number of halogens is 1. The van der Waals surface area contributed by atoms with Crippen molar-refractivity contribution in [3.8, 4) is 0 Å². The highest BCUT2D eigenvalue weighted by molar-refractivity contribution is 9.10. The van der Waals surface area contributed by atoms with Gasteiger partial charge in [0.05, 0.1) is 18.2 Å². The molecule has 4 heteroatoms. The molecule has 0 fully saturated rings. The zero-order valence-electron chi connectivity index (χ0n) is 8.71. The Balaban J connectivity index is 2.51. The lowest BCUT2D eigenvalue weighted by Gasteiger charge is -2.22. The number of nitrogens with two attached hydrogens (primary N) is 1. The SMILES string of the molecule is CC(C)(C)OCC(N)c1cscc1Br. The van der Waals surface area contributed by atoms with E-state index in [0.717, 1.165) is 10.0 Å². The summed E-state index contributed by atoms with van der Waals surface area (Å²) in [5.41, 5.74) is 7.00. The fraction of sp³-hybridized carbons (Fsp3) is 0.600. The molecule has 0 saturated heterocycles. The summed E-state index contributed by atoms with van der Waals surface area (Å²) < 4.78 is 6.71. The van der Waals surface area contributed by atoms with Crippen molar-refractivity contribution in [3.63, 3.8) is 0 Å². The maximum absolute atomic E-state index is 6.00. The van der Waals surface area contributed by atoms with Crippen LogP contribution in [0.25, 0.3) is 0 Å². The molecule has 0 aliphatic carbocycles. The van der Waals surface area contributed by atoms with E-state index in [0.29, 0.717) is 6.61 Å². The van der Waals surface area contributed by atoms with E-state index in [1.165, 1.54) is 0 Å². The van der Waals surface area contributed by atoms with Gasteiger partial charge in [0.2, 0.25) is 0 Å². The van der Waals surface area contributed by atoms with Gasteiger partial charge in [0.15, 0.2) is 0 Å². The molecule has 1 aromatic heterocycles. The summed E-state index contributed by atoms with van der Waals surface area (Å²) in [5, 5.41) is 4.09. The summed E-state index contributed by atoms with van der Waals surface area (Å²) >= 11 is 5.11. The minimum Gasteiger partial charge on any atom is -0.374 e. The Morgan fingerprint density at radius 3 is 2.57 bits per heavy atom. The average molecular weight is 278 g/mol. The summed E-state index contributed by atoms with van der Waals surface area (Å²) in [6, 6.07) is -0.0464. The van der Waals surface area contributed by atoms with Gasteiger partial charge in [-0.1, -0.05) is 0 Å². The Bertz CT molecular complexity index is 293. The molecule has 0 spiro atoms. The molecule has 1 aromatic rings. The molecule has 1 heterocycles. The topological polar surface area (TPSA) is 35.2 Å². The van der Waals surface area contributed by atoms with E-state index in [9.17, 15) is 0 Å². The number of ether oxygens (including phenoxy) is 1. The minimum atomic E-state index is -0.125.